The van der Waals surface area contributed by atoms with E-state index < -0.39 is 5.91 Å². The number of benzene rings is 1. The Hall–Kier alpha value is -2.89. The molecule has 21 heavy (non-hydrogen) atoms. The number of nitrogens with zero attached hydrogens (tertiary/aromatic N) is 3. The van der Waals surface area contributed by atoms with E-state index in [4.69, 9.17) is 5.73 Å². The van der Waals surface area contributed by atoms with Crippen LogP contribution in [0.1, 0.15) is 5.69 Å². The molecule has 3 rings (SSSR count). The van der Waals surface area contributed by atoms with Crippen LogP contribution in [0.3, 0.4) is 0 Å². The molecule has 0 saturated heterocycles. The number of hydrogen-bond acceptors (Lipinski definition) is 4. The molecule has 0 aliphatic rings. The minimum Gasteiger partial charge on any atom is -0.377 e. The number of nitrogens with one attached hydrogen (secondary N) is 1. The number of amides is 1. The van der Waals surface area contributed by atoms with Crippen LogP contribution in [0.25, 0.3) is 10.9 Å². The van der Waals surface area contributed by atoms with Gasteiger partial charge in [0.15, 0.2) is 0 Å². The lowest BCUT2D eigenvalue weighted by Crippen LogP contribution is -2.18. The largest absolute Gasteiger partial charge is 0.377 e. The van der Waals surface area contributed by atoms with E-state index in [1.54, 1.807) is 12.4 Å². The second-order valence-corrected chi connectivity index (χ2v) is 4.74. The summed E-state index contributed by atoms with van der Waals surface area (Å²) in [5.74, 6) is -0.416. The molecule has 0 bridgehead atoms. The third-order valence-electron chi connectivity index (χ3n) is 3.08. The third-order valence-corrected chi connectivity index (χ3v) is 3.08. The molecule has 0 aliphatic heterocycles. The van der Waals surface area contributed by atoms with Crippen molar-refractivity contribution in [3.8, 4) is 0 Å². The van der Waals surface area contributed by atoms with Crippen molar-refractivity contribution in [3.63, 3.8) is 0 Å². The Bertz CT molecular complexity index is 780. The van der Waals surface area contributed by atoms with Gasteiger partial charge in [-0.25, -0.2) is 0 Å². The number of nitrogens with two attached hydrogens (primary N) is 1. The molecule has 3 aromatic rings. The predicted octanol–water partition coefficient (Wildman–Crippen LogP) is 1.53. The fourth-order valence-electron chi connectivity index (χ4n) is 2.10. The summed E-state index contributed by atoms with van der Waals surface area (Å²) in [6.07, 6.45) is 3.40. The Morgan fingerprint density at radius 1 is 1.24 bits per heavy atom. The van der Waals surface area contributed by atoms with Crippen LogP contribution in [0.4, 0.5) is 5.69 Å². The molecule has 0 fully saturated rings. The molecule has 0 unspecified atom stereocenters. The highest BCUT2D eigenvalue weighted by Crippen LogP contribution is 2.13. The van der Waals surface area contributed by atoms with Gasteiger partial charge in [0.1, 0.15) is 6.54 Å². The Balaban J connectivity index is 1.68. The van der Waals surface area contributed by atoms with E-state index in [0.717, 1.165) is 22.3 Å². The average Bonchev–Trinajstić information content (AvgIpc) is 2.91. The maximum absolute atomic E-state index is 10.8. The number of hydrogen-bond donors (Lipinski definition) is 2. The minimum absolute atomic E-state index is 0.0793. The van der Waals surface area contributed by atoms with E-state index in [2.05, 4.69) is 21.5 Å². The van der Waals surface area contributed by atoms with Crippen molar-refractivity contribution < 1.29 is 4.79 Å². The van der Waals surface area contributed by atoms with E-state index >= 15 is 0 Å². The molecule has 0 aliphatic carbocycles. The van der Waals surface area contributed by atoms with Crippen LogP contribution in [0.2, 0.25) is 0 Å². The van der Waals surface area contributed by atoms with E-state index in [-0.39, 0.29) is 6.54 Å². The van der Waals surface area contributed by atoms with Crippen LogP contribution in [0, 0.1) is 0 Å². The molecule has 3 N–H and O–H groups in total. The van der Waals surface area contributed by atoms with Gasteiger partial charge >= 0.3 is 0 Å². The van der Waals surface area contributed by atoms with Gasteiger partial charge in [-0.15, -0.1) is 0 Å². The molecule has 6 nitrogen and oxygen atoms in total. The first-order chi connectivity index (χ1) is 10.2. The number of aromatic nitrogens is 3. The average molecular weight is 281 g/mol. The van der Waals surface area contributed by atoms with Crippen LogP contribution >= 0.6 is 0 Å². The van der Waals surface area contributed by atoms with Crippen LogP contribution < -0.4 is 11.1 Å². The summed E-state index contributed by atoms with van der Waals surface area (Å²) in [7, 11) is 0. The lowest BCUT2D eigenvalue weighted by molar-refractivity contribution is -0.118. The van der Waals surface area contributed by atoms with Crippen LogP contribution in [-0.4, -0.2) is 20.7 Å². The van der Waals surface area contributed by atoms with Gasteiger partial charge in [-0.3, -0.25) is 14.5 Å². The maximum Gasteiger partial charge on any atom is 0.239 e. The highest BCUT2D eigenvalue weighted by Gasteiger charge is 2.02. The molecule has 1 aromatic carbocycles. The lowest BCUT2D eigenvalue weighted by atomic mass is 10.2. The zero-order valence-corrected chi connectivity index (χ0v) is 11.4. The van der Waals surface area contributed by atoms with Gasteiger partial charge in [-0.1, -0.05) is 24.3 Å². The summed E-state index contributed by atoms with van der Waals surface area (Å²) in [6, 6.07) is 12.0. The maximum atomic E-state index is 10.8. The lowest BCUT2D eigenvalue weighted by Gasteiger charge is -2.04. The first-order valence-corrected chi connectivity index (χ1v) is 6.60. The van der Waals surface area contributed by atoms with Crippen molar-refractivity contribution >= 4 is 22.5 Å². The van der Waals surface area contributed by atoms with Gasteiger partial charge in [-0.2, -0.15) is 5.10 Å². The number of rotatable bonds is 5. The van der Waals surface area contributed by atoms with Gasteiger partial charge in [-0.05, 0) is 12.1 Å². The van der Waals surface area contributed by atoms with Gasteiger partial charge in [0.05, 0.1) is 29.6 Å². The summed E-state index contributed by atoms with van der Waals surface area (Å²) in [6.45, 7) is 0.670. The number of pyridine rings is 1. The van der Waals surface area contributed by atoms with E-state index in [0.29, 0.717) is 6.54 Å². The third kappa shape index (κ3) is 3.17. The molecule has 2 heterocycles. The first kappa shape index (κ1) is 13.1. The second kappa shape index (κ2) is 5.62. The summed E-state index contributed by atoms with van der Waals surface area (Å²) in [5, 5.41) is 8.39. The molecule has 0 saturated carbocycles. The van der Waals surface area contributed by atoms with Gasteiger partial charge in [0.25, 0.3) is 0 Å². The number of fused-ring (bicyclic) bond motifs is 1. The molecular formula is C15H15N5O. The molecular weight excluding hydrogens is 266 g/mol. The fraction of sp³-hybridized carbons (Fsp3) is 0.133. The number of para-hydroxylation sites is 1. The second-order valence-electron chi connectivity index (χ2n) is 4.74. The summed E-state index contributed by atoms with van der Waals surface area (Å²) < 4.78 is 1.50. The van der Waals surface area contributed by atoms with Crippen molar-refractivity contribution in [1.82, 2.24) is 14.8 Å². The minimum atomic E-state index is -0.416. The highest BCUT2D eigenvalue weighted by molar-refractivity contribution is 5.78. The molecule has 0 spiro atoms. The smallest absolute Gasteiger partial charge is 0.239 e. The first-order valence-electron chi connectivity index (χ1n) is 6.60. The topological polar surface area (TPSA) is 85.8 Å². The van der Waals surface area contributed by atoms with E-state index in [1.807, 2.05) is 30.3 Å². The van der Waals surface area contributed by atoms with Gasteiger partial charge in [0.2, 0.25) is 5.91 Å². The Morgan fingerprint density at radius 2 is 2.10 bits per heavy atom. The molecule has 1 amide bonds. The Morgan fingerprint density at radius 3 is 2.95 bits per heavy atom. The Kier molecular flexibility index (Phi) is 3.51. The van der Waals surface area contributed by atoms with Crippen LogP contribution in [0.15, 0.2) is 48.8 Å². The van der Waals surface area contributed by atoms with Crippen molar-refractivity contribution in [1.29, 1.82) is 0 Å². The number of anilines is 1. The quantitative estimate of drug-likeness (QED) is 0.742. The summed E-state index contributed by atoms with van der Waals surface area (Å²) >= 11 is 0. The van der Waals surface area contributed by atoms with Crippen LogP contribution in [0.5, 0.6) is 0 Å². The molecule has 6 heteroatoms. The zero-order valence-electron chi connectivity index (χ0n) is 11.4. The molecule has 0 radical (unpaired) electrons. The number of carbonyl (C=O) groups excluding carboxylic acids is 1. The highest BCUT2D eigenvalue weighted by atomic mass is 16.1. The molecule has 106 valence electrons. The number of carbonyl (C=O) groups is 1. The summed E-state index contributed by atoms with van der Waals surface area (Å²) in [5.41, 5.74) is 7.86. The Labute approximate surface area is 121 Å². The van der Waals surface area contributed by atoms with Gasteiger partial charge in [0, 0.05) is 11.6 Å². The monoisotopic (exact) mass is 281 g/mol. The van der Waals surface area contributed by atoms with E-state index in [1.165, 1.54) is 4.68 Å². The van der Waals surface area contributed by atoms with Crippen LogP contribution in [-0.2, 0) is 17.9 Å². The summed E-state index contributed by atoms with van der Waals surface area (Å²) in [4.78, 5) is 15.4. The van der Waals surface area contributed by atoms with Crippen molar-refractivity contribution in [2.45, 2.75) is 13.1 Å². The van der Waals surface area contributed by atoms with Crippen molar-refractivity contribution in [2.75, 3.05) is 5.32 Å². The standard InChI is InChI=1S/C15H15N5O/c16-15(21)10-20-9-13(8-18-20)17-7-12-6-5-11-3-1-2-4-14(11)19-12/h1-6,8-9,17H,7,10H2,(H2,16,21). The molecule has 2 aromatic heterocycles. The zero-order chi connectivity index (χ0) is 14.7. The van der Waals surface area contributed by atoms with Gasteiger partial charge < -0.3 is 11.1 Å². The fourth-order valence-corrected chi connectivity index (χ4v) is 2.10. The number of primary amides is 1. The van der Waals surface area contributed by atoms with Crippen molar-refractivity contribution in [2.24, 2.45) is 5.73 Å². The molecule has 0 atom stereocenters. The normalized spacial score (nSPS) is 10.7. The van der Waals surface area contributed by atoms with E-state index in [9.17, 15) is 4.79 Å². The predicted molar refractivity (Wildman–Crippen MR) is 80.5 cm³/mol. The van der Waals surface area contributed by atoms with Crippen molar-refractivity contribution in [3.05, 3.63) is 54.5 Å². The SMILES string of the molecule is NC(=O)Cn1cc(NCc2ccc3ccccc3n2)cn1.